The molecule has 0 bridgehead atoms. The zero-order chi connectivity index (χ0) is 25.1. The van der Waals surface area contributed by atoms with Gasteiger partial charge in [0.15, 0.2) is 5.41 Å². The van der Waals surface area contributed by atoms with Crippen molar-refractivity contribution in [3.63, 3.8) is 0 Å². The predicted molar refractivity (Wildman–Crippen MR) is 141 cm³/mol. The van der Waals surface area contributed by atoms with Crippen molar-refractivity contribution in [2.45, 2.75) is 38.3 Å². The van der Waals surface area contributed by atoms with E-state index in [0.717, 1.165) is 22.4 Å². The van der Waals surface area contributed by atoms with Crippen molar-refractivity contribution in [3.8, 4) is 23.6 Å². The van der Waals surface area contributed by atoms with Gasteiger partial charge in [0.25, 0.3) is 0 Å². The number of ether oxygens (including phenoxy) is 2. The second kappa shape index (κ2) is 9.80. The lowest BCUT2D eigenvalue weighted by atomic mass is 9.69. The fourth-order valence-electron chi connectivity index (χ4n) is 5.84. The average molecular weight is 476 g/mol. The highest BCUT2D eigenvalue weighted by molar-refractivity contribution is 5.76. The lowest BCUT2D eigenvalue weighted by Crippen LogP contribution is -2.42. The Balaban J connectivity index is 1.76. The summed E-state index contributed by atoms with van der Waals surface area (Å²) in [5.74, 6) is 0.964. The van der Waals surface area contributed by atoms with E-state index < -0.39 is 17.4 Å². The van der Waals surface area contributed by atoms with Crippen molar-refractivity contribution in [1.82, 2.24) is 0 Å². The molecule has 3 aromatic carbocycles. The molecule has 2 aliphatic heterocycles. The molecule has 2 aliphatic rings. The van der Waals surface area contributed by atoms with Crippen LogP contribution >= 0.6 is 0 Å². The normalized spacial score (nSPS) is 21.1. The van der Waals surface area contributed by atoms with E-state index in [1.165, 1.54) is 0 Å². The average Bonchev–Trinajstić information content (AvgIpc) is 3.20. The van der Waals surface area contributed by atoms with Crippen molar-refractivity contribution < 1.29 is 9.47 Å². The first-order valence-electron chi connectivity index (χ1n) is 12.5. The van der Waals surface area contributed by atoms with Crippen LogP contribution in [0.5, 0.6) is 11.5 Å². The van der Waals surface area contributed by atoms with E-state index in [4.69, 9.17) is 9.47 Å². The van der Waals surface area contributed by atoms with Crippen molar-refractivity contribution in [2.75, 3.05) is 18.1 Å². The van der Waals surface area contributed by atoms with Gasteiger partial charge < -0.3 is 14.4 Å². The predicted octanol–water partition coefficient (Wildman–Crippen LogP) is 6.13. The molecule has 180 valence electrons. The van der Waals surface area contributed by atoms with Crippen LogP contribution in [0.2, 0.25) is 0 Å². The molecule has 0 unspecified atom stereocenters. The van der Waals surface area contributed by atoms with Gasteiger partial charge in [-0.05, 0) is 55.7 Å². The topological polar surface area (TPSA) is 69.3 Å². The largest absolute Gasteiger partial charge is 0.494 e. The van der Waals surface area contributed by atoms with Crippen LogP contribution in [0.4, 0.5) is 5.69 Å². The van der Waals surface area contributed by atoms with Gasteiger partial charge in [0, 0.05) is 23.2 Å². The van der Waals surface area contributed by atoms with Crippen LogP contribution in [0.1, 0.15) is 36.5 Å². The fourth-order valence-corrected chi connectivity index (χ4v) is 5.84. The maximum atomic E-state index is 10.7. The van der Waals surface area contributed by atoms with E-state index in [-0.39, 0.29) is 6.04 Å². The summed E-state index contributed by atoms with van der Waals surface area (Å²) < 4.78 is 11.9. The number of anilines is 1. The molecular formula is C31H29N3O2. The molecule has 0 saturated carbocycles. The number of para-hydroxylation sites is 1. The Morgan fingerprint density at radius 2 is 1.61 bits per heavy atom. The third-order valence-corrected chi connectivity index (χ3v) is 7.26. The first-order valence-corrected chi connectivity index (χ1v) is 12.5. The molecular weight excluding hydrogens is 446 g/mol. The first-order chi connectivity index (χ1) is 17.7. The van der Waals surface area contributed by atoms with Gasteiger partial charge in [0.1, 0.15) is 11.5 Å². The zero-order valence-corrected chi connectivity index (χ0v) is 20.6. The summed E-state index contributed by atoms with van der Waals surface area (Å²) in [4.78, 5) is 2.29. The summed E-state index contributed by atoms with van der Waals surface area (Å²) in [6.45, 7) is 4.90. The molecule has 0 amide bonds. The summed E-state index contributed by atoms with van der Waals surface area (Å²) >= 11 is 0. The minimum absolute atomic E-state index is 0.154. The maximum Gasteiger partial charge on any atom is 0.176 e. The van der Waals surface area contributed by atoms with Gasteiger partial charge in [0.2, 0.25) is 0 Å². The molecule has 3 atom stereocenters. The molecule has 0 aliphatic carbocycles. The Kier molecular flexibility index (Phi) is 6.40. The smallest absolute Gasteiger partial charge is 0.176 e. The van der Waals surface area contributed by atoms with Crippen LogP contribution in [0.3, 0.4) is 0 Å². The van der Waals surface area contributed by atoms with E-state index in [0.29, 0.717) is 31.1 Å². The molecule has 5 rings (SSSR count). The number of nitrogens with zero attached hydrogens (tertiary/aromatic N) is 3. The highest BCUT2D eigenvalue weighted by Crippen LogP contribution is 2.57. The van der Waals surface area contributed by atoms with E-state index in [2.05, 4.69) is 41.3 Å². The van der Waals surface area contributed by atoms with Crippen molar-refractivity contribution in [1.29, 1.82) is 10.5 Å². The SMILES string of the molecule is CCOc1ccc(OCC)c([C@@H]2[C@@H](Cc3ccccc3)N3c4ccccc4C=C[C@@H]3C2(C#N)C#N)c1. The van der Waals surface area contributed by atoms with Crippen molar-refractivity contribution >= 4 is 11.8 Å². The van der Waals surface area contributed by atoms with Gasteiger partial charge in [-0.2, -0.15) is 10.5 Å². The van der Waals surface area contributed by atoms with Crippen LogP contribution in [0, 0.1) is 28.1 Å². The number of benzene rings is 3. The molecule has 2 heterocycles. The van der Waals surface area contributed by atoms with E-state index in [1.54, 1.807) is 0 Å². The molecule has 1 saturated heterocycles. The Morgan fingerprint density at radius 1 is 0.889 bits per heavy atom. The molecule has 0 radical (unpaired) electrons. The van der Waals surface area contributed by atoms with Crippen LogP contribution in [0.15, 0.2) is 78.9 Å². The highest BCUT2D eigenvalue weighted by Gasteiger charge is 2.61. The molecule has 0 spiro atoms. The first kappa shape index (κ1) is 23.5. The molecule has 1 fully saturated rings. The minimum Gasteiger partial charge on any atom is -0.494 e. The van der Waals surface area contributed by atoms with E-state index >= 15 is 0 Å². The number of hydrogen-bond donors (Lipinski definition) is 0. The molecule has 5 nitrogen and oxygen atoms in total. The second-order valence-electron chi connectivity index (χ2n) is 9.16. The molecule has 0 aromatic heterocycles. The van der Waals surface area contributed by atoms with Gasteiger partial charge in [-0.25, -0.2) is 0 Å². The zero-order valence-electron chi connectivity index (χ0n) is 20.6. The Hall–Kier alpha value is -4.22. The Morgan fingerprint density at radius 3 is 2.33 bits per heavy atom. The highest BCUT2D eigenvalue weighted by atomic mass is 16.5. The van der Waals surface area contributed by atoms with Gasteiger partial charge in [-0.3, -0.25) is 0 Å². The molecule has 0 N–H and O–H groups in total. The van der Waals surface area contributed by atoms with Crippen LogP contribution < -0.4 is 14.4 Å². The molecule has 5 heteroatoms. The van der Waals surface area contributed by atoms with Gasteiger partial charge in [-0.1, -0.05) is 60.7 Å². The lowest BCUT2D eigenvalue weighted by Gasteiger charge is -2.36. The minimum atomic E-state index is -1.32. The third-order valence-electron chi connectivity index (χ3n) is 7.26. The van der Waals surface area contributed by atoms with E-state index in [1.807, 2.05) is 74.5 Å². The Labute approximate surface area is 212 Å². The summed E-state index contributed by atoms with van der Waals surface area (Å²) in [6.07, 6.45) is 4.75. The van der Waals surface area contributed by atoms with Crippen LogP contribution in [0.25, 0.3) is 6.08 Å². The fraction of sp³-hybridized carbons (Fsp3) is 0.290. The monoisotopic (exact) mass is 475 g/mol. The second-order valence-corrected chi connectivity index (χ2v) is 9.16. The van der Waals surface area contributed by atoms with E-state index in [9.17, 15) is 10.5 Å². The summed E-state index contributed by atoms with van der Waals surface area (Å²) in [5.41, 5.74) is 2.81. The van der Waals surface area contributed by atoms with Crippen molar-refractivity contribution in [3.05, 3.63) is 95.6 Å². The van der Waals surface area contributed by atoms with Gasteiger partial charge in [-0.15, -0.1) is 0 Å². The summed E-state index contributed by atoms with van der Waals surface area (Å²) in [5, 5.41) is 21.4. The van der Waals surface area contributed by atoms with Gasteiger partial charge >= 0.3 is 0 Å². The van der Waals surface area contributed by atoms with Crippen LogP contribution in [-0.4, -0.2) is 25.3 Å². The van der Waals surface area contributed by atoms with Crippen LogP contribution in [-0.2, 0) is 6.42 Å². The standard InChI is InChI=1S/C31H29N3O2/c1-3-35-24-15-16-28(36-4-2)25(19-24)30-27(18-22-10-6-5-7-11-22)34-26-13-9-8-12-23(26)14-17-29(34)31(30,20-32)21-33/h5-17,19,27,29-30H,3-4,18H2,1-2H3/t27-,29-,30-/m1/s1. The summed E-state index contributed by atoms with van der Waals surface area (Å²) in [7, 11) is 0. The number of hydrogen-bond acceptors (Lipinski definition) is 5. The summed E-state index contributed by atoms with van der Waals surface area (Å²) in [6, 6.07) is 28.7. The number of rotatable bonds is 7. The lowest BCUT2D eigenvalue weighted by molar-refractivity contribution is 0.318. The maximum absolute atomic E-state index is 10.7. The van der Waals surface area contributed by atoms with Crippen molar-refractivity contribution in [2.24, 2.45) is 5.41 Å². The Bertz CT molecular complexity index is 1340. The molecule has 36 heavy (non-hydrogen) atoms. The number of nitriles is 2. The van der Waals surface area contributed by atoms with Gasteiger partial charge in [0.05, 0.1) is 31.4 Å². The third kappa shape index (κ3) is 3.78. The number of fused-ring (bicyclic) bond motifs is 3. The molecule has 3 aromatic rings. The quantitative estimate of drug-likeness (QED) is 0.411.